The van der Waals surface area contributed by atoms with Crippen molar-refractivity contribution < 1.29 is 17.6 Å². The van der Waals surface area contributed by atoms with Gasteiger partial charge in [0.15, 0.2) is 5.78 Å². The van der Waals surface area contributed by atoms with E-state index in [1.807, 2.05) is 0 Å². The van der Waals surface area contributed by atoms with E-state index in [4.69, 9.17) is 11.6 Å². The van der Waals surface area contributed by atoms with E-state index in [-0.39, 0.29) is 22.0 Å². The maximum absolute atomic E-state index is 13.9. The Bertz CT molecular complexity index is 636. The van der Waals surface area contributed by atoms with Gasteiger partial charge in [-0.3, -0.25) is 4.79 Å². The second-order valence-corrected chi connectivity index (χ2v) is 7.49. The maximum atomic E-state index is 13.9. The third-order valence-corrected chi connectivity index (χ3v) is 4.58. The van der Waals surface area contributed by atoms with Gasteiger partial charge in [0.2, 0.25) is 10.0 Å². The fourth-order valence-electron chi connectivity index (χ4n) is 1.58. The van der Waals surface area contributed by atoms with Crippen LogP contribution in [-0.2, 0) is 10.0 Å². The molecule has 0 heterocycles. The number of halogens is 2. The molecule has 0 atom stereocenters. The van der Waals surface area contributed by atoms with Crippen LogP contribution in [0.2, 0.25) is 5.02 Å². The van der Waals surface area contributed by atoms with Crippen molar-refractivity contribution in [3.63, 3.8) is 0 Å². The van der Waals surface area contributed by atoms with Crippen LogP contribution in [0.25, 0.3) is 0 Å². The summed E-state index contributed by atoms with van der Waals surface area (Å²) in [5.41, 5.74) is -1.10. The molecule has 0 aromatic heterocycles. The van der Waals surface area contributed by atoms with Gasteiger partial charge in [0, 0.05) is 12.0 Å². The number of sulfonamides is 1. The number of ketones is 1. The lowest BCUT2D eigenvalue weighted by Gasteiger charge is -2.18. The molecular formula is C13H17ClFNO3S. The molecule has 0 fully saturated rings. The molecule has 0 aliphatic carbocycles. The first kappa shape index (κ1) is 17.1. The Kier molecular flexibility index (Phi) is 4.94. The van der Waals surface area contributed by atoms with Gasteiger partial charge in [0.25, 0.3) is 0 Å². The Morgan fingerprint density at radius 1 is 1.35 bits per heavy atom. The number of Topliss-reactive ketones (excluding diaryl/α,β-unsaturated/α-hetero) is 1. The summed E-state index contributed by atoms with van der Waals surface area (Å²) in [5.74, 6) is -1.31. The van der Waals surface area contributed by atoms with E-state index in [1.165, 1.54) is 0 Å². The van der Waals surface area contributed by atoms with Crippen LogP contribution >= 0.6 is 11.6 Å². The molecule has 4 nitrogen and oxygen atoms in total. The average molecular weight is 322 g/mol. The minimum absolute atomic E-state index is 0.165. The lowest BCUT2D eigenvalue weighted by molar-refractivity contribution is 0.0853. The molecule has 20 heavy (non-hydrogen) atoms. The predicted octanol–water partition coefficient (Wildman–Crippen LogP) is 3.01. The summed E-state index contributed by atoms with van der Waals surface area (Å²) in [6.07, 6.45) is 0. The molecule has 0 spiro atoms. The molecule has 0 saturated carbocycles. The van der Waals surface area contributed by atoms with Crippen molar-refractivity contribution in [3.05, 3.63) is 28.5 Å². The molecule has 1 aromatic rings. The monoisotopic (exact) mass is 321 g/mol. The highest BCUT2D eigenvalue weighted by molar-refractivity contribution is 7.89. The lowest BCUT2D eigenvalue weighted by atomic mass is 9.86. The highest BCUT2D eigenvalue weighted by Gasteiger charge is 2.28. The van der Waals surface area contributed by atoms with Crippen molar-refractivity contribution in [2.75, 3.05) is 6.54 Å². The smallest absolute Gasteiger partial charge is 0.242 e. The van der Waals surface area contributed by atoms with E-state index >= 15 is 0 Å². The number of rotatable bonds is 4. The summed E-state index contributed by atoms with van der Waals surface area (Å²) in [5, 5.41) is -0.256. The van der Waals surface area contributed by atoms with Crippen LogP contribution in [-0.4, -0.2) is 20.7 Å². The number of carbonyl (C=O) groups is 1. The second kappa shape index (κ2) is 5.79. The van der Waals surface area contributed by atoms with E-state index in [0.717, 1.165) is 12.1 Å². The van der Waals surface area contributed by atoms with Crippen LogP contribution in [0.5, 0.6) is 0 Å². The Balaban J connectivity index is 3.49. The van der Waals surface area contributed by atoms with Crippen molar-refractivity contribution in [2.45, 2.75) is 32.6 Å². The zero-order chi connectivity index (χ0) is 15.7. The van der Waals surface area contributed by atoms with Crippen molar-refractivity contribution in [1.82, 2.24) is 4.72 Å². The summed E-state index contributed by atoms with van der Waals surface area (Å²) >= 11 is 5.77. The molecule has 0 unspecified atom stereocenters. The van der Waals surface area contributed by atoms with E-state index in [2.05, 4.69) is 4.72 Å². The van der Waals surface area contributed by atoms with E-state index in [1.54, 1.807) is 27.7 Å². The second-order valence-electron chi connectivity index (χ2n) is 5.34. The van der Waals surface area contributed by atoms with Crippen molar-refractivity contribution in [2.24, 2.45) is 5.41 Å². The molecule has 1 rings (SSSR count). The SMILES string of the molecule is CCNS(=O)(=O)c1cc(C(=O)C(C)(C)C)c(F)cc1Cl. The highest BCUT2D eigenvalue weighted by atomic mass is 35.5. The molecule has 0 amide bonds. The molecule has 0 aliphatic rings. The van der Waals surface area contributed by atoms with Gasteiger partial charge < -0.3 is 0 Å². The molecule has 112 valence electrons. The van der Waals surface area contributed by atoms with Crippen LogP contribution in [0, 0.1) is 11.2 Å². The van der Waals surface area contributed by atoms with Gasteiger partial charge in [-0.15, -0.1) is 0 Å². The van der Waals surface area contributed by atoms with Crippen molar-refractivity contribution in [1.29, 1.82) is 0 Å². The first-order chi connectivity index (χ1) is 9.00. The summed E-state index contributed by atoms with van der Waals surface area (Å²) in [6.45, 7) is 6.65. The number of nitrogens with one attached hydrogen (secondary N) is 1. The number of hydrogen-bond acceptors (Lipinski definition) is 3. The zero-order valence-electron chi connectivity index (χ0n) is 11.8. The first-order valence-corrected chi connectivity index (χ1v) is 7.90. The number of benzene rings is 1. The van der Waals surface area contributed by atoms with E-state index in [0.29, 0.717) is 0 Å². The first-order valence-electron chi connectivity index (χ1n) is 6.04. The number of carbonyl (C=O) groups excluding carboxylic acids is 1. The quantitative estimate of drug-likeness (QED) is 0.867. The molecule has 1 aromatic carbocycles. The minimum Gasteiger partial charge on any atom is -0.293 e. The normalized spacial score (nSPS) is 12.5. The molecular weight excluding hydrogens is 305 g/mol. The zero-order valence-corrected chi connectivity index (χ0v) is 13.3. The van der Waals surface area contributed by atoms with E-state index in [9.17, 15) is 17.6 Å². The van der Waals surface area contributed by atoms with Gasteiger partial charge in [0.05, 0.1) is 10.6 Å². The van der Waals surface area contributed by atoms with Crippen molar-refractivity contribution >= 4 is 27.4 Å². The Morgan fingerprint density at radius 2 is 1.90 bits per heavy atom. The van der Waals surface area contributed by atoms with Gasteiger partial charge in [-0.2, -0.15) is 0 Å². The van der Waals surface area contributed by atoms with Gasteiger partial charge in [-0.05, 0) is 12.1 Å². The number of hydrogen-bond donors (Lipinski definition) is 1. The maximum Gasteiger partial charge on any atom is 0.242 e. The third-order valence-electron chi connectivity index (χ3n) is 2.57. The van der Waals surface area contributed by atoms with Gasteiger partial charge in [-0.25, -0.2) is 17.5 Å². The van der Waals surface area contributed by atoms with Crippen LogP contribution in [0.1, 0.15) is 38.1 Å². The van der Waals surface area contributed by atoms with Crippen LogP contribution < -0.4 is 4.72 Å². The van der Waals surface area contributed by atoms with Gasteiger partial charge in [-0.1, -0.05) is 39.3 Å². The van der Waals surface area contributed by atoms with Gasteiger partial charge in [0.1, 0.15) is 10.7 Å². The standard InChI is InChI=1S/C13H17ClFNO3S/c1-5-16-20(18,19)11-6-8(10(15)7-9(11)14)12(17)13(2,3)4/h6-7,16H,5H2,1-4H3. The van der Waals surface area contributed by atoms with E-state index < -0.39 is 27.0 Å². The summed E-state index contributed by atoms with van der Waals surface area (Å²) in [6, 6.07) is 1.84. The third kappa shape index (κ3) is 3.56. The fraction of sp³-hybridized carbons (Fsp3) is 0.462. The molecule has 0 bridgehead atoms. The van der Waals surface area contributed by atoms with Crippen molar-refractivity contribution in [3.8, 4) is 0 Å². The van der Waals surface area contributed by atoms with Crippen LogP contribution in [0.4, 0.5) is 4.39 Å². The Labute approximate surface area is 123 Å². The average Bonchev–Trinajstić information content (AvgIpc) is 2.26. The predicted molar refractivity (Wildman–Crippen MR) is 76.1 cm³/mol. The minimum atomic E-state index is -3.86. The molecule has 0 aliphatic heterocycles. The fourth-order valence-corrected chi connectivity index (χ4v) is 3.16. The topological polar surface area (TPSA) is 63.2 Å². The van der Waals surface area contributed by atoms with Crippen LogP contribution in [0.15, 0.2) is 17.0 Å². The molecule has 0 radical (unpaired) electrons. The van der Waals surface area contributed by atoms with Crippen LogP contribution in [0.3, 0.4) is 0 Å². The molecule has 7 heteroatoms. The summed E-state index contributed by atoms with van der Waals surface area (Å²) in [7, 11) is -3.86. The van der Waals surface area contributed by atoms with Gasteiger partial charge >= 0.3 is 0 Å². The summed E-state index contributed by atoms with van der Waals surface area (Å²) in [4.78, 5) is 11.8. The molecule has 0 saturated heterocycles. The Morgan fingerprint density at radius 3 is 2.35 bits per heavy atom. The lowest BCUT2D eigenvalue weighted by Crippen LogP contribution is -2.25. The summed E-state index contributed by atoms with van der Waals surface area (Å²) < 4.78 is 40.0. The Hall–Kier alpha value is -0.980. The largest absolute Gasteiger partial charge is 0.293 e. The highest BCUT2D eigenvalue weighted by Crippen LogP contribution is 2.29. The molecule has 1 N–H and O–H groups in total.